The highest BCUT2D eigenvalue weighted by molar-refractivity contribution is 8.00. The molecule has 28 heavy (non-hydrogen) atoms. The van der Waals surface area contributed by atoms with E-state index in [4.69, 9.17) is 14.2 Å². The van der Waals surface area contributed by atoms with Crippen molar-refractivity contribution in [3.63, 3.8) is 0 Å². The first-order valence-electron chi connectivity index (χ1n) is 9.05. The van der Waals surface area contributed by atoms with Crippen molar-refractivity contribution in [2.45, 2.75) is 17.9 Å². The SMILES string of the molecule is COCCNC(=O)CSc1ccccc1C(=O)OCC(=O)N1CCOC(C)C1. The predicted octanol–water partition coefficient (Wildman–Crippen LogP) is 0.945. The molecule has 1 heterocycles. The summed E-state index contributed by atoms with van der Waals surface area (Å²) in [7, 11) is 1.56. The van der Waals surface area contributed by atoms with Crippen LogP contribution in [0.4, 0.5) is 0 Å². The van der Waals surface area contributed by atoms with E-state index < -0.39 is 5.97 Å². The summed E-state index contributed by atoms with van der Waals surface area (Å²) in [6.45, 7) is 3.91. The molecule has 1 saturated heterocycles. The molecular weight excluding hydrogens is 384 g/mol. The first kappa shape index (κ1) is 22.2. The Hall–Kier alpha value is -2.10. The number of hydrogen-bond acceptors (Lipinski definition) is 7. The van der Waals surface area contributed by atoms with Crippen molar-refractivity contribution in [1.82, 2.24) is 10.2 Å². The van der Waals surface area contributed by atoms with Crippen LogP contribution in [0, 0.1) is 0 Å². The number of thioether (sulfide) groups is 1. The normalized spacial score (nSPS) is 16.5. The Bertz CT molecular complexity index is 684. The van der Waals surface area contributed by atoms with Crippen LogP contribution in [0.1, 0.15) is 17.3 Å². The number of esters is 1. The van der Waals surface area contributed by atoms with Gasteiger partial charge in [-0.3, -0.25) is 9.59 Å². The van der Waals surface area contributed by atoms with Crippen molar-refractivity contribution in [1.29, 1.82) is 0 Å². The van der Waals surface area contributed by atoms with Crippen molar-refractivity contribution in [2.75, 3.05) is 52.3 Å². The summed E-state index contributed by atoms with van der Waals surface area (Å²) in [6.07, 6.45) is -0.0273. The Morgan fingerprint density at radius 2 is 2.11 bits per heavy atom. The Kier molecular flexibility index (Phi) is 9.26. The lowest BCUT2D eigenvalue weighted by Crippen LogP contribution is -2.46. The van der Waals surface area contributed by atoms with E-state index in [9.17, 15) is 14.4 Å². The number of morpholine rings is 1. The number of carbonyl (C=O) groups excluding carboxylic acids is 3. The van der Waals surface area contributed by atoms with Crippen LogP contribution >= 0.6 is 11.8 Å². The minimum atomic E-state index is -0.586. The lowest BCUT2D eigenvalue weighted by atomic mass is 10.2. The fourth-order valence-corrected chi connectivity index (χ4v) is 3.46. The molecule has 9 heteroatoms. The standard InChI is InChI=1S/C19H26N2O6S/c1-14-11-21(8-10-26-14)18(23)12-27-19(24)15-5-3-4-6-16(15)28-13-17(22)20-7-9-25-2/h3-6,14H,7-13H2,1-2H3,(H,20,22). The zero-order valence-electron chi connectivity index (χ0n) is 16.1. The van der Waals surface area contributed by atoms with Crippen molar-refractivity contribution in [2.24, 2.45) is 0 Å². The van der Waals surface area contributed by atoms with Gasteiger partial charge < -0.3 is 24.4 Å². The van der Waals surface area contributed by atoms with Gasteiger partial charge in [-0.25, -0.2) is 4.79 Å². The van der Waals surface area contributed by atoms with Crippen molar-refractivity contribution in [3.8, 4) is 0 Å². The van der Waals surface area contributed by atoms with E-state index in [0.29, 0.717) is 43.3 Å². The highest BCUT2D eigenvalue weighted by Gasteiger charge is 2.23. The third-order valence-electron chi connectivity index (χ3n) is 4.01. The quantitative estimate of drug-likeness (QED) is 0.368. The van der Waals surface area contributed by atoms with Crippen molar-refractivity contribution in [3.05, 3.63) is 29.8 Å². The number of benzene rings is 1. The van der Waals surface area contributed by atoms with Crippen LogP contribution in [-0.2, 0) is 23.8 Å². The maximum Gasteiger partial charge on any atom is 0.339 e. The van der Waals surface area contributed by atoms with Crippen LogP contribution in [0.25, 0.3) is 0 Å². The van der Waals surface area contributed by atoms with E-state index in [0.717, 1.165) is 0 Å². The van der Waals surface area contributed by atoms with Crippen molar-refractivity contribution >= 4 is 29.5 Å². The summed E-state index contributed by atoms with van der Waals surface area (Å²) in [5.41, 5.74) is 0.334. The van der Waals surface area contributed by atoms with Gasteiger partial charge in [0, 0.05) is 31.6 Å². The number of nitrogens with zero attached hydrogens (tertiary/aromatic N) is 1. The molecule has 0 bridgehead atoms. The number of methoxy groups -OCH3 is 1. The fourth-order valence-electron chi connectivity index (χ4n) is 2.59. The van der Waals surface area contributed by atoms with E-state index in [1.165, 1.54) is 11.8 Å². The van der Waals surface area contributed by atoms with Gasteiger partial charge in [0.15, 0.2) is 6.61 Å². The Morgan fingerprint density at radius 3 is 2.86 bits per heavy atom. The lowest BCUT2D eigenvalue weighted by molar-refractivity contribution is -0.141. The number of hydrogen-bond donors (Lipinski definition) is 1. The second-order valence-corrected chi connectivity index (χ2v) is 7.24. The molecule has 1 fully saturated rings. The summed E-state index contributed by atoms with van der Waals surface area (Å²) in [5, 5.41) is 2.72. The monoisotopic (exact) mass is 410 g/mol. The van der Waals surface area contributed by atoms with Crippen LogP contribution in [0.3, 0.4) is 0 Å². The van der Waals surface area contributed by atoms with E-state index in [-0.39, 0.29) is 30.3 Å². The zero-order chi connectivity index (χ0) is 20.4. The summed E-state index contributed by atoms with van der Waals surface area (Å²) in [5.74, 6) is -0.816. The zero-order valence-corrected chi connectivity index (χ0v) is 17.0. The van der Waals surface area contributed by atoms with Gasteiger partial charge in [-0.05, 0) is 19.1 Å². The van der Waals surface area contributed by atoms with Gasteiger partial charge in [-0.1, -0.05) is 12.1 Å². The summed E-state index contributed by atoms with van der Waals surface area (Å²) in [6, 6.07) is 6.86. The first-order chi connectivity index (χ1) is 13.5. The first-order valence-corrected chi connectivity index (χ1v) is 10.0. The summed E-state index contributed by atoms with van der Waals surface area (Å²) < 4.78 is 15.5. The molecule has 1 unspecified atom stereocenters. The number of nitrogens with one attached hydrogen (secondary N) is 1. The Labute approximate surface area is 168 Å². The van der Waals surface area contributed by atoms with Crippen molar-refractivity contribution < 1.29 is 28.6 Å². The number of ether oxygens (including phenoxy) is 3. The topological polar surface area (TPSA) is 94.2 Å². The minimum absolute atomic E-state index is 0.0273. The fraction of sp³-hybridized carbons (Fsp3) is 0.526. The lowest BCUT2D eigenvalue weighted by Gasteiger charge is -2.30. The highest BCUT2D eigenvalue weighted by Crippen LogP contribution is 2.23. The van der Waals surface area contributed by atoms with Gasteiger partial charge in [0.25, 0.3) is 5.91 Å². The molecule has 2 rings (SSSR count). The molecule has 0 spiro atoms. The molecule has 154 valence electrons. The molecule has 2 amide bonds. The van der Waals surface area contributed by atoms with Crippen LogP contribution in [0.15, 0.2) is 29.2 Å². The van der Waals surface area contributed by atoms with Crippen LogP contribution in [0.2, 0.25) is 0 Å². The maximum atomic E-state index is 12.4. The van der Waals surface area contributed by atoms with Crippen LogP contribution in [0.5, 0.6) is 0 Å². The molecule has 1 aromatic rings. The molecule has 1 aromatic carbocycles. The molecule has 1 atom stereocenters. The van der Waals surface area contributed by atoms with Gasteiger partial charge >= 0.3 is 5.97 Å². The highest BCUT2D eigenvalue weighted by atomic mass is 32.2. The predicted molar refractivity (Wildman–Crippen MR) is 104 cm³/mol. The average molecular weight is 410 g/mol. The number of amides is 2. The molecule has 0 radical (unpaired) electrons. The second-order valence-electron chi connectivity index (χ2n) is 6.22. The minimum Gasteiger partial charge on any atom is -0.452 e. The molecule has 1 N–H and O–H groups in total. The molecule has 1 aliphatic rings. The molecule has 1 aliphatic heterocycles. The second kappa shape index (κ2) is 11.7. The maximum absolute atomic E-state index is 12.4. The Balaban J connectivity index is 1.85. The van der Waals surface area contributed by atoms with E-state index in [1.54, 1.807) is 36.3 Å². The largest absolute Gasteiger partial charge is 0.452 e. The van der Waals surface area contributed by atoms with E-state index in [1.807, 2.05) is 6.92 Å². The third kappa shape index (κ3) is 7.14. The average Bonchev–Trinajstić information content (AvgIpc) is 2.70. The molecular formula is C19H26N2O6S. The summed E-state index contributed by atoms with van der Waals surface area (Å²) >= 11 is 1.24. The molecule has 0 aliphatic carbocycles. The van der Waals surface area contributed by atoms with Gasteiger partial charge in [-0.15, -0.1) is 11.8 Å². The van der Waals surface area contributed by atoms with Crippen LogP contribution < -0.4 is 5.32 Å². The molecule has 0 saturated carbocycles. The third-order valence-corrected chi connectivity index (χ3v) is 5.09. The number of carbonyl (C=O) groups is 3. The van der Waals surface area contributed by atoms with Gasteiger partial charge in [-0.2, -0.15) is 0 Å². The van der Waals surface area contributed by atoms with Gasteiger partial charge in [0.2, 0.25) is 5.91 Å². The molecule has 0 aromatic heterocycles. The Morgan fingerprint density at radius 1 is 1.32 bits per heavy atom. The van der Waals surface area contributed by atoms with E-state index >= 15 is 0 Å². The smallest absolute Gasteiger partial charge is 0.339 e. The van der Waals surface area contributed by atoms with Crippen LogP contribution in [-0.4, -0.2) is 81.1 Å². The summed E-state index contributed by atoms with van der Waals surface area (Å²) in [4.78, 5) is 38.7. The number of rotatable bonds is 9. The van der Waals surface area contributed by atoms with Gasteiger partial charge in [0.05, 0.1) is 30.6 Å². The van der Waals surface area contributed by atoms with Gasteiger partial charge in [0.1, 0.15) is 0 Å². The van der Waals surface area contributed by atoms with E-state index in [2.05, 4.69) is 5.32 Å². The molecule has 8 nitrogen and oxygen atoms in total.